The van der Waals surface area contributed by atoms with Gasteiger partial charge in [0.05, 0.1) is 24.0 Å². The summed E-state index contributed by atoms with van der Waals surface area (Å²) in [5.74, 6) is 0.592. The van der Waals surface area contributed by atoms with Gasteiger partial charge < -0.3 is 14.4 Å². The van der Waals surface area contributed by atoms with E-state index in [0.717, 1.165) is 25.7 Å². The maximum absolute atomic E-state index is 12.6. The van der Waals surface area contributed by atoms with Crippen molar-refractivity contribution in [3.63, 3.8) is 0 Å². The monoisotopic (exact) mass is 354 g/mol. The lowest BCUT2D eigenvalue weighted by Gasteiger charge is -2.45. The Morgan fingerprint density at radius 2 is 2.04 bits per heavy atom. The van der Waals surface area contributed by atoms with Crippen LogP contribution < -0.4 is 4.74 Å². The number of hydrogen-bond donors (Lipinski definition) is 0. The molecule has 7 heteroatoms. The van der Waals surface area contributed by atoms with E-state index in [1.165, 1.54) is 0 Å². The van der Waals surface area contributed by atoms with Crippen molar-refractivity contribution in [2.45, 2.75) is 37.4 Å². The van der Waals surface area contributed by atoms with Crippen molar-refractivity contribution in [3.05, 3.63) is 48.7 Å². The van der Waals surface area contributed by atoms with E-state index in [1.54, 1.807) is 37.1 Å². The van der Waals surface area contributed by atoms with E-state index in [2.05, 4.69) is 15.0 Å². The molecule has 2 aliphatic rings. The van der Waals surface area contributed by atoms with Crippen LogP contribution >= 0.6 is 0 Å². The minimum atomic E-state index is -0.211. The standard InChI is InChI=1S/C19H22N4O3/c24-18(15-2-1-6-20-13-15)23-9-4-19(5-10-23)12-16(3-11-25-19)26-17-14-21-7-8-22-17/h1-2,6-8,13-14,16H,3-5,9-12H2. The molecule has 7 nitrogen and oxygen atoms in total. The normalized spacial score (nSPS) is 22.2. The second-order valence-electron chi connectivity index (χ2n) is 6.84. The topological polar surface area (TPSA) is 77.4 Å². The molecular weight excluding hydrogens is 332 g/mol. The van der Waals surface area contributed by atoms with Crippen molar-refractivity contribution in [3.8, 4) is 5.88 Å². The summed E-state index contributed by atoms with van der Waals surface area (Å²) in [6, 6.07) is 3.60. The van der Waals surface area contributed by atoms with Gasteiger partial charge in [-0.25, -0.2) is 4.98 Å². The number of piperidine rings is 1. The van der Waals surface area contributed by atoms with Gasteiger partial charge in [-0.3, -0.25) is 14.8 Å². The van der Waals surface area contributed by atoms with E-state index in [4.69, 9.17) is 9.47 Å². The Morgan fingerprint density at radius 1 is 1.19 bits per heavy atom. The maximum Gasteiger partial charge on any atom is 0.255 e. The quantitative estimate of drug-likeness (QED) is 0.840. The second kappa shape index (κ2) is 7.37. The van der Waals surface area contributed by atoms with Crippen LogP contribution in [0.15, 0.2) is 43.1 Å². The lowest BCUT2D eigenvalue weighted by molar-refractivity contribution is -0.135. The molecule has 26 heavy (non-hydrogen) atoms. The first-order chi connectivity index (χ1) is 12.7. The molecule has 4 rings (SSSR count). The number of aromatic nitrogens is 3. The molecule has 1 amide bonds. The molecule has 0 aliphatic carbocycles. The van der Waals surface area contributed by atoms with Crippen LogP contribution in [0.4, 0.5) is 0 Å². The molecule has 0 bridgehead atoms. The summed E-state index contributed by atoms with van der Waals surface area (Å²) < 4.78 is 12.1. The van der Waals surface area contributed by atoms with E-state index >= 15 is 0 Å². The number of ether oxygens (including phenoxy) is 2. The number of hydrogen-bond acceptors (Lipinski definition) is 6. The zero-order chi connectivity index (χ0) is 17.8. The molecule has 2 aromatic rings. The average molecular weight is 354 g/mol. The van der Waals surface area contributed by atoms with Gasteiger partial charge in [-0.05, 0) is 25.0 Å². The van der Waals surface area contributed by atoms with Gasteiger partial charge in [0.1, 0.15) is 6.10 Å². The predicted octanol–water partition coefficient (Wildman–Crippen LogP) is 2.10. The van der Waals surface area contributed by atoms with Gasteiger partial charge in [-0.1, -0.05) is 0 Å². The number of pyridine rings is 1. The SMILES string of the molecule is O=C(c1cccnc1)N1CCC2(CC1)CC(Oc1cnccn1)CCO2. The fraction of sp³-hybridized carbons (Fsp3) is 0.474. The molecule has 2 aromatic heterocycles. The number of nitrogens with zero attached hydrogens (tertiary/aromatic N) is 4. The molecule has 2 saturated heterocycles. The highest BCUT2D eigenvalue weighted by atomic mass is 16.5. The number of likely N-dealkylation sites (tertiary alicyclic amines) is 1. The zero-order valence-corrected chi connectivity index (χ0v) is 14.6. The van der Waals surface area contributed by atoms with Crippen molar-refractivity contribution in [1.29, 1.82) is 0 Å². The number of rotatable bonds is 3. The van der Waals surface area contributed by atoms with Crippen LogP contribution in [-0.2, 0) is 4.74 Å². The Balaban J connectivity index is 1.36. The highest BCUT2D eigenvalue weighted by molar-refractivity contribution is 5.93. The van der Waals surface area contributed by atoms with E-state index in [1.807, 2.05) is 11.0 Å². The third kappa shape index (κ3) is 3.67. The van der Waals surface area contributed by atoms with Gasteiger partial charge in [-0.2, -0.15) is 0 Å². The second-order valence-corrected chi connectivity index (χ2v) is 6.84. The van der Waals surface area contributed by atoms with Crippen LogP contribution in [0.3, 0.4) is 0 Å². The van der Waals surface area contributed by atoms with E-state index in [9.17, 15) is 4.79 Å². The van der Waals surface area contributed by atoms with E-state index in [-0.39, 0.29) is 17.6 Å². The molecule has 0 N–H and O–H groups in total. The summed E-state index contributed by atoms with van der Waals surface area (Å²) in [4.78, 5) is 26.7. The number of amides is 1. The van der Waals surface area contributed by atoms with Crippen molar-refractivity contribution >= 4 is 5.91 Å². The van der Waals surface area contributed by atoms with Gasteiger partial charge >= 0.3 is 0 Å². The summed E-state index contributed by atoms with van der Waals surface area (Å²) in [6.07, 6.45) is 11.6. The van der Waals surface area contributed by atoms with Crippen LogP contribution in [-0.4, -0.2) is 57.2 Å². The third-order valence-corrected chi connectivity index (χ3v) is 5.15. The first-order valence-electron chi connectivity index (χ1n) is 9.00. The Bertz CT molecular complexity index is 733. The molecular formula is C19H22N4O3. The summed E-state index contributed by atoms with van der Waals surface area (Å²) in [7, 11) is 0. The molecule has 2 aliphatic heterocycles. The predicted molar refractivity (Wildman–Crippen MR) is 93.7 cm³/mol. The van der Waals surface area contributed by atoms with Crippen molar-refractivity contribution in [2.75, 3.05) is 19.7 Å². The van der Waals surface area contributed by atoms with Crippen LogP contribution in [0.25, 0.3) is 0 Å². The molecule has 2 fully saturated rings. The minimum Gasteiger partial charge on any atom is -0.473 e. The van der Waals surface area contributed by atoms with Crippen molar-refractivity contribution in [1.82, 2.24) is 19.9 Å². The maximum atomic E-state index is 12.6. The van der Waals surface area contributed by atoms with Gasteiger partial charge in [0.2, 0.25) is 5.88 Å². The summed E-state index contributed by atoms with van der Waals surface area (Å²) in [5.41, 5.74) is 0.425. The fourth-order valence-electron chi connectivity index (χ4n) is 3.74. The molecule has 0 saturated carbocycles. The summed E-state index contributed by atoms with van der Waals surface area (Å²) in [6.45, 7) is 2.04. The Labute approximate surface area is 152 Å². The van der Waals surface area contributed by atoms with Crippen molar-refractivity contribution in [2.24, 2.45) is 0 Å². The first kappa shape index (κ1) is 16.9. The minimum absolute atomic E-state index is 0.0381. The third-order valence-electron chi connectivity index (χ3n) is 5.15. The first-order valence-corrected chi connectivity index (χ1v) is 9.00. The summed E-state index contributed by atoms with van der Waals surface area (Å²) in [5, 5.41) is 0. The largest absolute Gasteiger partial charge is 0.473 e. The van der Waals surface area contributed by atoms with Gasteiger partial charge in [0.25, 0.3) is 5.91 Å². The Kier molecular flexibility index (Phi) is 4.79. The van der Waals surface area contributed by atoms with Gasteiger partial charge in [0, 0.05) is 50.7 Å². The van der Waals surface area contributed by atoms with Crippen LogP contribution in [0.5, 0.6) is 5.88 Å². The van der Waals surface area contributed by atoms with E-state index in [0.29, 0.717) is 31.1 Å². The van der Waals surface area contributed by atoms with Gasteiger partial charge in [-0.15, -0.1) is 0 Å². The van der Waals surface area contributed by atoms with Crippen molar-refractivity contribution < 1.29 is 14.3 Å². The molecule has 4 heterocycles. The Morgan fingerprint density at radius 3 is 2.77 bits per heavy atom. The summed E-state index contributed by atoms with van der Waals surface area (Å²) >= 11 is 0. The molecule has 1 unspecified atom stereocenters. The highest BCUT2D eigenvalue weighted by Gasteiger charge is 2.42. The number of carbonyl (C=O) groups excluding carboxylic acids is 1. The molecule has 1 atom stereocenters. The molecule has 0 radical (unpaired) electrons. The lowest BCUT2D eigenvalue weighted by atomic mass is 9.83. The lowest BCUT2D eigenvalue weighted by Crippen LogP contribution is -2.52. The molecule has 1 spiro atoms. The van der Waals surface area contributed by atoms with Crippen LogP contribution in [0.2, 0.25) is 0 Å². The van der Waals surface area contributed by atoms with Gasteiger partial charge in [0.15, 0.2) is 0 Å². The number of carbonyl (C=O) groups is 1. The van der Waals surface area contributed by atoms with Crippen LogP contribution in [0.1, 0.15) is 36.0 Å². The fourth-order valence-corrected chi connectivity index (χ4v) is 3.74. The molecule has 0 aromatic carbocycles. The smallest absolute Gasteiger partial charge is 0.255 e. The van der Waals surface area contributed by atoms with E-state index < -0.39 is 0 Å². The van der Waals surface area contributed by atoms with Crippen LogP contribution in [0, 0.1) is 0 Å². The Hall–Kier alpha value is -2.54. The average Bonchev–Trinajstić information content (AvgIpc) is 2.70. The molecule has 136 valence electrons. The highest BCUT2D eigenvalue weighted by Crippen LogP contribution is 2.36. The zero-order valence-electron chi connectivity index (χ0n) is 14.6.